The summed E-state index contributed by atoms with van der Waals surface area (Å²) in [5, 5.41) is 13.3. The van der Waals surface area contributed by atoms with E-state index in [0.717, 1.165) is 10.4 Å². The largest absolute Gasteiger partial charge is 0.508 e. The van der Waals surface area contributed by atoms with Gasteiger partial charge in [0, 0.05) is 23.7 Å². The van der Waals surface area contributed by atoms with Crippen LogP contribution in [0, 0.1) is 13.8 Å². The van der Waals surface area contributed by atoms with Crippen molar-refractivity contribution in [2.75, 3.05) is 24.8 Å². The monoisotopic (exact) mass is 419 g/mol. The van der Waals surface area contributed by atoms with Crippen LogP contribution < -0.4 is 10.9 Å². The topological polar surface area (TPSA) is 93.4 Å². The van der Waals surface area contributed by atoms with Crippen LogP contribution in [0.25, 0.3) is 10.2 Å². The number of nitrogens with one attached hydrogen (secondary N) is 1. The number of aryl methyl sites for hydroxylation is 2. The number of carbonyl (C=O) groups excluding carboxylic acids is 1. The predicted octanol–water partition coefficient (Wildman–Crippen LogP) is 3.16. The lowest BCUT2D eigenvalue weighted by Crippen LogP contribution is -2.26. The SMILES string of the molecule is COCCn1c(SCC(=O)Nc2cccc(O)c2)nc2sc(C)c(C)c2c1=O. The first kappa shape index (κ1) is 20.4. The molecule has 1 aromatic carbocycles. The molecule has 0 unspecified atom stereocenters. The number of anilines is 1. The number of phenols is 1. The molecule has 0 saturated heterocycles. The number of ether oxygens (including phenoxy) is 1. The van der Waals surface area contributed by atoms with E-state index in [2.05, 4.69) is 10.3 Å². The number of phenolic OH excluding ortho intramolecular Hbond substituents is 1. The summed E-state index contributed by atoms with van der Waals surface area (Å²) >= 11 is 2.68. The normalized spacial score (nSPS) is 11.1. The van der Waals surface area contributed by atoms with Gasteiger partial charge in [-0.2, -0.15) is 0 Å². The summed E-state index contributed by atoms with van der Waals surface area (Å²) in [6.45, 7) is 4.63. The Labute approximate surface area is 170 Å². The summed E-state index contributed by atoms with van der Waals surface area (Å²) in [6.07, 6.45) is 0. The van der Waals surface area contributed by atoms with Gasteiger partial charge in [0.2, 0.25) is 5.91 Å². The third-order valence-electron chi connectivity index (χ3n) is 4.24. The van der Waals surface area contributed by atoms with Gasteiger partial charge in [0.25, 0.3) is 5.56 Å². The van der Waals surface area contributed by atoms with Crippen molar-refractivity contribution in [2.45, 2.75) is 25.5 Å². The zero-order valence-electron chi connectivity index (χ0n) is 15.8. The van der Waals surface area contributed by atoms with E-state index in [-0.39, 0.29) is 23.0 Å². The van der Waals surface area contributed by atoms with E-state index in [1.165, 1.54) is 35.2 Å². The zero-order chi connectivity index (χ0) is 20.3. The van der Waals surface area contributed by atoms with E-state index in [1.54, 1.807) is 23.8 Å². The number of carbonyl (C=O) groups is 1. The molecule has 28 heavy (non-hydrogen) atoms. The number of amides is 1. The minimum atomic E-state index is -0.248. The van der Waals surface area contributed by atoms with E-state index in [9.17, 15) is 14.7 Å². The molecule has 0 aliphatic heterocycles. The first-order chi connectivity index (χ1) is 13.4. The Morgan fingerprint density at radius 3 is 2.89 bits per heavy atom. The quantitative estimate of drug-likeness (QED) is 0.451. The van der Waals surface area contributed by atoms with Gasteiger partial charge in [0.15, 0.2) is 5.16 Å². The lowest BCUT2D eigenvalue weighted by Gasteiger charge is -2.12. The second-order valence-electron chi connectivity index (χ2n) is 6.19. The van der Waals surface area contributed by atoms with Crippen LogP contribution in [-0.2, 0) is 16.1 Å². The molecular weight excluding hydrogens is 398 g/mol. The third kappa shape index (κ3) is 4.37. The second kappa shape index (κ2) is 8.76. The number of rotatable bonds is 7. The molecule has 0 radical (unpaired) electrons. The summed E-state index contributed by atoms with van der Waals surface area (Å²) in [6, 6.07) is 6.34. The number of aromatic nitrogens is 2. The van der Waals surface area contributed by atoms with Gasteiger partial charge in [-0.1, -0.05) is 17.8 Å². The number of hydrogen-bond donors (Lipinski definition) is 2. The summed E-state index contributed by atoms with van der Waals surface area (Å²) in [4.78, 5) is 31.6. The van der Waals surface area contributed by atoms with Gasteiger partial charge in [-0.15, -0.1) is 11.3 Å². The van der Waals surface area contributed by atoms with Crippen molar-refractivity contribution in [1.82, 2.24) is 9.55 Å². The zero-order valence-corrected chi connectivity index (χ0v) is 17.4. The van der Waals surface area contributed by atoms with Crippen molar-refractivity contribution in [3.05, 3.63) is 45.1 Å². The Morgan fingerprint density at radius 1 is 1.39 bits per heavy atom. The average Bonchev–Trinajstić information content (AvgIpc) is 2.93. The minimum Gasteiger partial charge on any atom is -0.508 e. The molecule has 0 aliphatic rings. The highest BCUT2D eigenvalue weighted by molar-refractivity contribution is 7.99. The van der Waals surface area contributed by atoms with E-state index in [0.29, 0.717) is 34.2 Å². The molecule has 0 aliphatic carbocycles. The predicted molar refractivity (Wildman–Crippen MR) is 113 cm³/mol. The van der Waals surface area contributed by atoms with E-state index in [1.807, 2.05) is 13.8 Å². The molecule has 0 fully saturated rings. The Balaban J connectivity index is 1.84. The van der Waals surface area contributed by atoms with Crippen LogP contribution in [0.3, 0.4) is 0 Å². The molecule has 7 nitrogen and oxygen atoms in total. The molecule has 2 heterocycles. The molecule has 0 atom stereocenters. The summed E-state index contributed by atoms with van der Waals surface area (Å²) in [7, 11) is 1.58. The minimum absolute atomic E-state index is 0.0782. The maximum Gasteiger partial charge on any atom is 0.263 e. The fraction of sp³-hybridized carbons (Fsp3) is 0.316. The van der Waals surface area contributed by atoms with Gasteiger partial charge in [0.1, 0.15) is 10.6 Å². The van der Waals surface area contributed by atoms with Crippen LogP contribution in [0.2, 0.25) is 0 Å². The first-order valence-electron chi connectivity index (χ1n) is 8.62. The van der Waals surface area contributed by atoms with Crippen LogP contribution in [0.15, 0.2) is 34.2 Å². The molecule has 0 saturated carbocycles. The lowest BCUT2D eigenvalue weighted by molar-refractivity contribution is -0.113. The molecule has 3 rings (SSSR count). The van der Waals surface area contributed by atoms with Gasteiger partial charge in [-0.3, -0.25) is 14.2 Å². The Hall–Kier alpha value is -2.36. The van der Waals surface area contributed by atoms with Gasteiger partial charge in [-0.05, 0) is 31.5 Å². The van der Waals surface area contributed by atoms with Crippen molar-refractivity contribution in [3.8, 4) is 5.75 Å². The number of hydrogen-bond acceptors (Lipinski definition) is 7. The van der Waals surface area contributed by atoms with E-state index in [4.69, 9.17) is 4.74 Å². The lowest BCUT2D eigenvalue weighted by atomic mass is 10.2. The van der Waals surface area contributed by atoms with Gasteiger partial charge >= 0.3 is 0 Å². The highest BCUT2D eigenvalue weighted by Crippen LogP contribution is 2.28. The number of benzene rings is 1. The number of nitrogens with zero attached hydrogens (tertiary/aromatic N) is 2. The smallest absolute Gasteiger partial charge is 0.263 e. The van der Waals surface area contributed by atoms with E-state index >= 15 is 0 Å². The van der Waals surface area contributed by atoms with Crippen LogP contribution in [0.4, 0.5) is 5.69 Å². The summed E-state index contributed by atoms with van der Waals surface area (Å²) in [5.41, 5.74) is 1.34. The number of methoxy groups -OCH3 is 1. The molecule has 2 aromatic heterocycles. The van der Waals surface area contributed by atoms with Crippen LogP contribution in [0.5, 0.6) is 5.75 Å². The summed E-state index contributed by atoms with van der Waals surface area (Å²) in [5.74, 6) is -0.0830. The molecule has 3 aromatic rings. The first-order valence-corrected chi connectivity index (χ1v) is 10.4. The molecule has 0 bridgehead atoms. The molecule has 9 heteroatoms. The second-order valence-corrected chi connectivity index (χ2v) is 8.34. The number of fused-ring (bicyclic) bond motifs is 1. The van der Waals surface area contributed by atoms with Crippen LogP contribution >= 0.6 is 23.1 Å². The van der Waals surface area contributed by atoms with Gasteiger partial charge in [-0.25, -0.2) is 4.98 Å². The van der Waals surface area contributed by atoms with Crippen LogP contribution in [-0.4, -0.2) is 40.0 Å². The number of aromatic hydroxyl groups is 1. The van der Waals surface area contributed by atoms with Crippen molar-refractivity contribution in [1.29, 1.82) is 0 Å². The third-order valence-corrected chi connectivity index (χ3v) is 6.31. The van der Waals surface area contributed by atoms with Crippen molar-refractivity contribution in [2.24, 2.45) is 0 Å². The molecule has 0 spiro atoms. The molecule has 2 N–H and O–H groups in total. The number of thiophene rings is 1. The average molecular weight is 420 g/mol. The Bertz CT molecular complexity index is 1070. The Kier molecular flexibility index (Phi) is 6.38. The van der Waals surface area contributed by atoms with E-state index < -0.39 is 0 Å². The standard InChI is InChI=1S/C19H21N3O4S2/c1-11-12(2)28-17-16(11)18(25)22(7-8-26-3)19(21-17)27-10-15(24)20-13-5-4-6-14(23)9-13/h4-6,9,23H,7-8,10H2,1-3H3,(H,20,24). The molecule has 1 amide bonds. The molecular formula is C19H21N3O4S2. The summed E-state index contributed by atoms with van der Waals surface area (Å²) < 4.78 is 6.69. The fourth-order valence-corrected chi connectivity index (χ4v) is 4.61. The maximum absolute atomic E-state index is 13.0. The van der Waals surface area contributed by atoms with Crippen molar-refractivity contribution in [3.63, 3.8) is 0 Å². The highest BCUT2D eigenvalue weighted by Gasteiger charge is 2.17. The fourth-order valence-electron chi connectivity index (χ4n) is 2.71. The van der Waals surface area contributed by atoms with Crippen molar-refractivity contribution >= 4 is 44.9 Å². The molecule has 148 valence electrons. The van der Waals surface area contributed by atoms with Crippen molar-refractivity contribution < 1.29 is 14.6 Å². The van der Waals surface area contributed by atoms with Crippen LogP contribution in [0.1, 0.15) is 10.4 Å². The highest BCUT2D eigenvalue weighted by atomic mass is 32.2. The van der Waals surface area contributed by atoms with Gasteiger partial charge in [0.05, 0.1) is 24.3 Å². The Morgan fingerprint density at radius 2 is 2.18 bits per heavy atom. The number of thioether (sulfide) groups is 1. The van der Waals surface area contributed by atoms with Gasteiger partial charge < -0.3 is 15.2 Å². The maximum atomic E-state index is 13.0.